The first-order valence-corrected chi connectivity index (χ1v) is 5.83. The van der Waals surface area contributed by atoms with E-state index in [9.17, 15) is 9.50 Å². The first-order chi connectivity index (χ1) is 7.77. The lowest BCUT2D eigenvalue weighted by Gasteiger charge is -2.18. The smallest absolute Gasteiger partial charge is 0.165 e. The molecule has 1 aliphatic carbocycles. The molecule has 1 aliphatic rings. The number of aliphatic hydroxyl groups excluding tert-OH is 1. The predicted octanol–water partition coefficient (Wildman–Crippen LogP) is 2.76. The molecule has 16 heavy (non-hydrogen) atoms. The molecular formula is C13H17FO2. The molecule has 1 fully saturated rings. The number of hydrogen-bond acceptors (Lipinski definition) is 2. The molecule has 0 saturated heterocycles. The number of hydrogen-bond donors (Lipinski definition) is 1. The van der Waals surface area contributed by atoms with Crippen LogP contribution in [0.25, 0.3) is 0 Å². The molecular weight excluding hydrogens is 207 g/mol. The zero-order valence-electron chi connectivity index (χ0n) is 9.23. The summed E-state index contributed by atoms with van der Waals surface area (Å²) in [6.45, 7) is 0.186. The molecule has 1 saturated carbocycles. The lowest BCUT2D eigenvalue weighted by atomic mass is 10.0. The predicted molar refractivity (Wildman–Crippen MR) is 59.9 cm³/mol. The number of aliphatic hydroxyl groups is 1. The molecule has 0 aromatic heterocycles. The third-order valence-corrected chi connectivity index (χ3v) is 3.19. The molecule has 1 aromatic rings. The summed E-state index contributed by atoms with van der Waals surface area (Å²) >= 11 is 0. The maximum absolute atomic E-state index is 13.2. The number of ether oxygens (including phenoxy) is 1. The molecule has 0 aliphatic heterocycles. The average molecular weight is 224 g/mol. The Bertz CT molecular complexity index is 334. The van der Waals surface area contributed by atoms with E-state index in [4.69, 9.17) is 4.74 Å². The van der Waals surface area contributed by atoms with Crippen LogP contribution in [0.5, 0.6) is 5.75 Å². The van der Waals surface area contributed by atoms with E-state index in [1.165, 1.54) is 18.9 Å². The highest BCUT2D eigenvalue weighted by Gasteiger charge is 2.23. The van der Waals surface area contributed by atoms with Crippen molar-refractivity contribution in [1.29, 1.82) is 0 Å². The molecule has 2 nitrogen and oxygen atoms in total. The Kier molecular flexibility index (Phi) is 3.78. The quantitative estimate of drug-likeness (QED) is 0.852. The topological polar surface area (TPSA) is 29.5 Å². The summed E-state index contributed by atoms with van der Waals surface area (Å²) in [7, 11) is 0. The van der Waals surface area contributed by atoms with Crippen LogP contribution < -0.4 is 4.74 Å². The summed E-state index contributed by atoms with van der Waals surface area (Å²) in [6, 6.07) is 6.28. The van der Waals surface area contributed by atoms with Gasteiger partial charge in [-0.05, 0) is 30.9 Å². The second-order valence-electron chi connectivity index (χ2n) is 4.35. The van der Waals surface area contributed by atoms with Crippen molar-refractivity contribution < 1.29 is 14.2 Å². The molecule has 88 valence electrons. The molecule has 1 N–H and O–H groups in total. The van der Waals surface area contributed by atoms with Crippen LogP contribution in [0, 0.1) is 11.7 Å². The lowest BCUT2D eigenvalue weighted by Crippen LogP contribution is -2.25. The molecule has 0 amide bonds. The van der Waals surface area contributed by atoms with Crippen molar-refractivity contribution in [3.8, 4) is 5.75 Å². The minimum absolute atomic E-state index is 0.186. The average Bonchev–Trinajstić information content (AvgIpc) is 2.81. The number of benzene rings is 1. The Morgan fingerprint density at radius 1 is 1.31 bits per heavy atom. The van der Waals surface area contributed by atoms with Gasteiger partial charge in [0.05, 0.1) is 6.10 Å². The van der Waals surface area contributed by atoms with Crippen molar-refractivity contribution in [2.24, 2.45) is 5.92 Å². The third-order valence-electron chi connectivity index (χ3n) is 3.19. The van der Waals surface area contributed by atoms with Gasteiger partial charge in [0.15, 0.2) is 11.6 Å². The van der Waals surface area contributed by atoms with Crippen molar-refractivity contribution in [2.45, 2.75) is 31.8 Å². The van der Waals surface area contributed by atoms with Crippen molar-refractivity contribution in [3.05, 3.63) is 30.1 Å². The Hall–Kier alpha value is -1.09. The van der Waals surface area contributed by atoms with Crippen molar-refractivity contribution in [3.63, 3.8) is 0 Å². The van der Waals surface area contributed by atoms with Gasteiger partial charge in [0.25, 0.3) is 0 Å². The fraction of sp³-hybridized carbons (Fsp3) is 0.538. The molecule has 0 radical (unpaired) electrons. The van der Waals surface area contributed by atoms with Crippen LogP contribution in [0.1, 0.15) is 25.7 Å². The van der Waals surface area contributed by atoms with E-state index in [1.807, 2.05) is 0 Å². The van der Waals surface area contributed by atoms with Gasteiger partial charge in [-0.2, -0.15) is 0 Å². The summed E-state index contributed by atoms with van der Waals surface area (Å²) in [6.07, 6.45) is 4.01. The van der Waals surface area contributed by atoms with Crippen molar-refractivity contribution in [1.82, 2.24) is 0 Å². The highest BCUT2D eigenvalue weighted by Crippen LogP contribution is 2.28. The van der Waals surface area contributed by atoms with Crippen LogP contribution in [0.3, 0.4) is 0 Å². The van der Waals surface area contributed by atoms with E-state index in [2.05, 4.69) is 0 Å². The van der Waals surface area contributed by atoms with Gasteiger partial charge < -0.3 is 9.84 Å². The molecule has 0 bridgehead atoms. The molecule has 3 heteroatoms. The summed E-state index contributed by atoms with van der Waals surface area (Å²) in [5, 5.41) is 9.85. The van der Waals surface area contributed by atoms with E-state index >= 15 is 0 Å². The normalized spacial score (nSPS) is 18.6. The zero-order valence-corrected chi connectivity index (χ0v) is 9.23. The SMILES string of the molecule is OC(COc1ccccc1F)C1CCCC1. The summed E-state index contributed by atoms with van der Waals surface area (Å²) in [5.74, 6) is 0.174. The van der Waals surface area contributed by atoms with Gasteiger partial charge in [0.2, 0.25) is 0 Å². The second-order valence-corrected chi connectivity index (χ2v) is 4.35. The minimum atomic E-state index is -0.470. The maximum atomic E-state index is 13.2. The number of rotatable bonds is 4. The van der Waals surface area contributed by atoms with E-state index in [0.29, 0.717) is 5.92 Å². The molecule has 0 heterocycles. The molecule has 1 aromatic carbocycles. The highest BCUT2D eigenvalue weighted by molar-refractivity contribution is 5.23. The summed E-state index contributed by atoms with van der Waals surface area (Å²) in [4.78, 5) is 0. The van der Waals surface area contributed by atoms with Gasteiger partial charge in [0, 0.05) is 0 Å². The van der Waals surface area contributed by atoms with Gasteiger partial charge in [-0.15, -0.1) is 0 Å². The first kappa shape index (κ1) is 11.4. The van der Waals surface area contributed by atoms with E-state index in [-0.39, 0.29) is 18.2 Å². The standard InChI is InChI=1S/C13H17FO2/c14-11-7-3-4-8-13(11)16-9-12(15)10-5-1-2-6-10/h3-4,7-8,10,12,15H,1-2,5-6,9H2. The number of para-hydroxylation sites is 1. The maximum Gasteiger partial charge on any atom is 0.165 e. The second kappa shape index (κ2) is 5.30. The van der Waals surface area contributed by atoms with Crippen LogP contribution in [0.2, 0.25) is 0 Å². The third kappa shape index (κ3) is 2.73. The monoisotopic (exact) mass is 224 g/mol. The fourth-order valence-electron chi connectivity index (χ4n) is 2.22. The summed E-state index contributed by atoms with van der Waals surface area (Å²) in [5.41, 5.74) is 0. The lowest BCUT2D eigenvalue weighted by molar-refractivity contribution is 0.0578. The molecule has 2 rings (SSSR count). The summed E-state index contributed by atoms with van der Waals surface area (Å²) < 4.78 is 18.5. The molecule has 1 atom stereocenters. The van der Waals surface area contributed by atoms with Crippen LogP contribution in [0.15, 0.2) is 24.3 Å². The van der Waals surface area contributed by atoms with E-state index < -0.39 is 6.10 Å². The largest absolute Gasteiger partial charge is 0.488 e. The van der Waals surface area contributed by atoms with Crippen LogP contribution >= 0.6 is 0 Å². The fourth-order valence-corrected chi connectivity index (χ4v) is 2.22. The number of halogens is 1. The van der Waals surface area contributed by atoms with Crippen molar-refractivity contribution in [2.75, 3.05) is 6.61 Å². The van der Waals surface area contributed by atoms with Crippen LogP contribution in [-0.4, -0.2) is 17.8 Å². The Labute approximate surface area is 95.1 Å². The Morgan fingerprint density at radius 2 is 2.00 bits per heavy atom. The molecule has 0 spiro atoms. The van der Waals surface area contributed by atoms with Crippen LogP contribution in [0.4, 0.5) is 4.39 Å². The van der Waals surface area contributed by atoms with E-state index in [1.54, 1.807) is 18.2 Å². The van der Waals surface area contributed by atoms with Gasteiger partial charge in [-0.25, -0.2) is 4.39 Å². The van der Waals surface area contributed by atoms with Gasteiger partial charge in [0.1, 0.15) is 6.61 Å². The van der Waals surface area contributed by atoms with Crippen LogP contribution in [-0.2, 0) is 0 Å². The first-order valence-electron chi connectivity index (χ1n) is 5.83. The Morgan fingerprint density at radius 3 is 2.69 bits per heavy atom. The highest BCUT2D eigenvalue weighted by atomic mass is 19.1. The zero-order chi connectivity index (χ0) is 11.4. The van der Waals surface area contributed by atoms with Gasteiger partial charge in [-0.1, -0.05) is 25.0 Å². The Balaban J connectivity index is 1.84. The minimum Gasteiger partial charge on any atom is -0.488 e. The van der Waals surface area contributed by atoms with Gasteiger partial charge >= 0.3 is 0 Å². The molecule has 1 unspecified atom stereocenters. The van der Waals surface area contributed by atoms with E-state index in [0.717, 1.165) is 12.8 Å². The van der Waals surface area contributed by atoms with Gasteiger partial charge in [-0.3, -0.25) is 0 Å². The van der Waals surface area contributed by atoms with Crippen molar-refractivity contribution >= 4 is 0 Å².